The number of hydrogen-bond acceptors (Lipinski definition) is 3. The molecule has 1 heterocycles. The Morgan fingerprint density at radius 2 is 2.17 bits per heavy atom. The zero-order valence-corrected chi connectivity index (χ0v) is 15.5. The molecule has 1 aliphatic carbocycles. The minimum atomic E-state index is 0. The maximum Gasteiger partial charge on any atom is 0.223 e. The van der Waals surface area contributed by atoms with Crippen molar-refractivity contribution in [2.45, 2.75) is 25.3 Å². The predicted molar refractivity (Wildman–Crippen MR) is 101 cm³/mol. The molecule has 0 radical (unpaired) electrons. The monoisotopic (exact) mass is 430 g/mol. The second-order valence-electron chi connectivity index (χ2n) is 5.90. The highest BCUT2D eigenvalue weighted by atomic mass is 127. The largest absolute Gasteiger partial charge is 0.495 e. The summed E-state index contributed by atoms with van der Waals surface area (Å²) in [6, 6.07) is 8.04. The first-order valence-corrected chi connectivity index (χ1v) is 7.67. The lowest BCUT2D eigenvalue weighted by Crippen LogP contribution is -2.28. The van der Waals surface area contributed by atoms with Gasteiger partial charge in [0.1, 0.15) is 5.75 Å². The normalized spacial score (nSPS) is 21.1. The van der Waals surface area contributed by atoms with Crippen molar-refractivity contribution >= 4 is 41.5 Å². The van der Waals surface area contributed by atoms with Crippen molar-refractivity contribution in [3.8, 4) is 5.75 Å². The molecule has 1 aliphatic heterocycles. The lowest BCUT2D eigenvalue weighted by atomic mass is 10.1. The molecule has 2 fully saturated rings. The number of ether oxygens (including phenoxy) is 1. The third kappa shape index (κ3) is 4.49. The maximum absolute atomic E-state index is 11.9. The van der Waals surface area contributed by atoms with Gasteiger partial charge in [0.15, 0.2) is 5.96 Å². The summed E-state index contributed by atoms with van der Waals surface area (Å²) >= 11 is 0. The molecule has 1 unspecified atom stereocenters. The Bertz CT molecular complexity index is 589. The molecule has 1 aromatic carbocycles. The Balaban J connectivity index is 0.00000192. The van der Waals surface area contributed by atoms with E-state index in [-0.39, 0.29) is 35.8 Å². The number of carbonyl (C=O) groups excluding carboxylic acids is 1. The minimum absolute atomic E-state index is 0. The first-order valence-electron chi connectivity index (χ1n) is 7.67. The number of benzene rings is 1. The van der Waals surface area contributed by atoms with Crippen LogP contribution in [0, 0.1) is 5.92 Å². The molecular formula is C16H23IN4O2. The van der Waals surface area contributed by atoms with Crippen LogP contribution < -0.4 is 15.8 Å². The van der Waals surface area contributed by atoms with Gasteiger partial charge in [-0.2, -0.15) is 0 Å². The Morgan fingerprint density at radius 3 is 2.87 bits per heavy atom. The molecule has 1 saturated carbocycles. The average molecular weight is 430 g/mol. The summed E-state index contributed by atoms with van der Waals surface area (Å²) in [5, 5.41) is 3.05. The third-order valence-electron chi connectivity index (χ3n) is 4.12. The van der Waals surface area contributed by atoms with Crippen LogP contribution in [0.3, 0.4) is 0 Å². The molecule has 0 aromatic heterocycles. The number of para-hydroxylation sites is 2. The van der Waals surface area contributed by atoms with Crippen LogP contribution in [0.5, 0.6) is 5.75 Å². The number of amides is 1. The number of nitrogens with one attached hydrogen (secondary N) is 1. The van der Waals surface area contributed by atoms with Gasteiger partial charge >= 0.3 is 0 Å². The van der Waals surface area contributed by atoms with E-state index in [1.165, 1.54) is 0 Å². The maximum atomic E-state index is 11.9. The van der Waals surface area contributed by atoms with Crippen LogP contribution in [0.15, 0.2) is 29.3 Å². The number of carbonyl (C=O) groups is 1. The van der Waals surface area contributed by atoms with Crippen molar-refractivity contribution in [3.63, 3.8) is 0 Å². The molecule has 7 heteroatoms. The minimum Gasteiger partial charge on any atom is -0.495 e. The quantitative estimate of drug-likeness (QED) is 0.426. The number of halogens is 1. The second-order valence-corrected chi connectivity index (χ2v) is 5.90. The first kappa shape index (κ1) is 17.8. The van der Waals surface area contributed by atoms with Gasteiger partial charge in [0, 0.05) is 31.5 Å². The number of nitrogens with two attached hydrogens (primary N) is 1. The number of hydrogen-bond donors (Lipinski definition) is 2. The van der Waals surface area contributed by atoms with E-state index < -0.39 is 0 Å². The molecule has 3 N–H and O–H groups in total. The second kappa shape index (κ2) is 7.85. The highest BCUT2D eigenvalue weighted by Crippen LogP contribution is 2.32. The van der Waals surface area contributed by atoms with Crippen LogP contribution in [0.1, 0.15) is 19.3 Å². The number of guanidine groups is 1. The molecule has 0 bridgehead atoms. The van der Waals surface area contributed by atoms with Crippen molar-refractivity contribution in [1.29, 1.82) is 0 Å². The van der Waals surface area contributed by atoms with E-state index in [4.69, 9.17) is 10.5 Å². The van der Waals surface area contributed by atoms with E-state index in [2.05, 4.69) is 10.3 Å². The number of rotatable bonds is 5. The lowest BCUT2D eigenvalue weighted by molar-refractivity contribution is -0.128. The fraction of sp³-hybridized carbons (Fsp3) is 0.500. The van der Waals surface area contributed by atoms with Gasteiger partial charge in [0.2, 0.25) is 5.91 Å². The van der Waals surface area contributed by atoms with Crippen LogP contribution in [0.2, 0.25) is 0 Å². The fourth-order valence-corrected chi connectivity index (χ4v) is 2.82. The molecule has 1 atom stereocenters. The number of methoxy groups -OCH3 is 1. The van der Waals surface area contributed by atoms with E-state index in [0.29, 0.717) is 25.0 Å². The van der Waals surface area contributed by atoms with Crippen LogP contribution in [-0.2, 0) is 4.79 Å². The fourth-order valence-electron chi connectivity index (χ4n) is 2.82. The van der Waals surface area contributed by atoms with Crippen molar-refractivity contribution in [2.24, 2.45) is 16.6 Å². The van der Waals surface area contributed by atoms with E-state index in [9.17, 15) is 4.79 Å². The summed E-state index contributed by atoms with van der Waals surface area (Å²) in [6.45, 7) is 1.39. The summed E-state index contributed by atoms with van der Waals surface area (Å²) in [4.78, 5) is 18.3. The van der Waals surface area contributed by atoms with Gasteiger partial charge in [0.25, 0.3) is 0 Å². The molecule has 0 spiro atoms. The zero-order chi connectivity index (χ0) is 15.5. The summed E-state index contributed by atoms with van der Waals surface area (Å²) in [6.07, 6.45) is 2.89. The number of anilines is 1. The molecule has 6 nitrogen and oxygen atoms in total. The standard InChI is InChI=1S/C16H22N4O2.HI/c1-22-14-5-3-2-4-13(14)19-16(17)18-9-11-8-15(21)20(10-11)12-6-7-12;/h2-5,11-12H,6-10H2,1H3,(H3,17,18,19);1H. The van der Waals surface area contributed by atoms with Gasteiger partial charge < -0.3 is 20.7 Å². The van der Waals surface area contributed by atoms with Crippen molar-refractivity contribution in [3.05, 3.63) is 24.3 Å². The highest BCUT2D eigenvalue weighted by Gasteiger charge is 2.39. The molecule has 1 amide bonds. The summed E-state index contributed by atoms with van der Waals surface area (Å²) in [5.41, 5.74) is 6.72. The molecule has 126 valence electrons. The van der Waals surface area contributed by atoms with E-state index in [0.717, 1.165) is 30.8 Å². The first-order chi connectivity index (χ1) is 10.7. The highest BCUT2D eigenvalue weighted by molar-refractivity contribution is 14.0. The summed E-state index contributed by atoms with van der Waals surface area (Å²) < 4.78 is 5.26. The van der Waals surface area contributed by atoms with Gasteiger partial charge in [0.05, 0.1) is 12.8 Å². The Labute approximate surface area is 153 Å². The van der Waals surface area contributed by atoms with Gasteiger partial charge in [-0.1, -0.05) is 12.1 Å². The molecule has 23 heavy (non-hydrogen) atoms. The molecular weight excluding hydrogens is 407 g/mol. The Hall–Kier alpha value is -1.51. The van der Waals surface area contributed by atoms with Crippen LogP contribution in [-0.4, -0.2) is 43.0 Å². The Morgan fingerprint density at radius 1 is 1.43 bits per heavy atom. The number of nitrogens with zero attached hydrogens (tertiary/aromatic N) is 2. The van der Waals surface area contributed by atoms with Gasteiger partial charge in [-0.05, 0) is 25.0 Å². The number of aliphatic imine (C=N–C) groups is 1. The van der Waals surface area contributed by atoms with Crippen molar-refractivity contribution in [1.82, 2.24) is 4.90 Å². The van der Waals surface area contributed by atoms with Crippen LogP contribution in [0.25, 0.3) is 0 Å². The van der Waals surface area contributed by atoms with E-state index in [1.807, 2.05) is 29.2 Å². The summed E-state index contributed by atoms with van der Waals surface area (Å²) in [7, 11) is 1.62. The van der Waals surface area contributed by atoms with Crippen molar-refractivity contribution in [2.75, 3.05) is 25.5 Å². The number of likely N-dealkylation sites (tertiary alicyclic amines) is 1. The topological polar surface area (TPSA) is 80.0 Å². The van der Waals surface area contributed by atoms with E-state index >= 15 is 0 Å². The zero-order valence-electron chi connectivity index (χ0n) is 13.2. The average Bonchev–Trinajstić information content (AvgIpc) is 3.29. The van der Waals surface area contributed by atoms with E-state index in [1.54, 1.807) is 7.11 Å². The summed E-state index contributed by atoms with van der Waals surface area (Å²) in [5.74, 6) is 1.60. The lowest BCUT2D eigenvalue weighted by Gasteiger charge is -2.15. The SMILES string of the molecule is COc1ccccc1NC(N)=NCC1CC(=O)N(C2CC2)C1.I. The Kier molecular flexibility index (Phi) is 6.09. The van der Waals surface area contributed by atoms with Gasteiger partial charge in [-0.25, -0.2) is 0 Å². The van der Waals surface area contributed by atoms with Crippen molar-refractivity contribution < 1.29 is 9.53 Å². The molecule has 2 aliphatic rings. The molecule has 1 saturated heterocycles. The molecule has 1 aromatic rings. The van der Waals surface area contributed by atoms with Crippen LogP contribution >= 0.6 is 24.0 Å². The van der Waals surface area contributed by atoms with Gasteiger partial charge in [-0.15, -0.1) is 24.0 Å². The van der Waals surface area contributed by atoms with Crippen LogP contribution in [0.4, 0.5) is 5.69 Å². The van der Waals surface area contributed by atoms with Gasteiger partial charge in [-0.3, -0.25) is 9.79 Å². The molecule has 3 rings (SSSR count). The smallest absolute Gasteiger partial charge is 0.223 e. The predicted octanol–water partition coefficient (Wildman–Crippen LogP) is 2.05. The third-order valence-corrected chi connectivity index (χ3v) is 4.12.